The minimum Gasteiger partial charge on any atom is -0.389 e. The standard InChI is InChI=1S/C13H20N2O2S/c1-9(16)10-5-3-4-6-12(10)15-13(17)11(14)7-8-18-2/h3-6,9,11,16H,7-8,14H2,1-2H3,(H,15,17)/t9?,11-/m1/s1. The minimum atomic E-state index is -0.621. The number of nitrogens with two attached hydrogens (primary N) is 1. The first-order valence-corrected chi connectivity index (χ1v) is 7.28. The molecule has 18 heavy (non-hydrogen) atoms. The summed E-state index contributed by atoms with van der Waals surface area (Å²) in [6, 6.07) is 6.68. The highest BCUT2D eigenvalue weighted by atomic mass is 32.2. The molecule has 0 saturated heterocycles. The van der Waals surface area contributed by atoms with Crippen LogP contribution >= 0.6 is 11.8 Å². The average Bonchev–Trinajstić information content (AvgIpc) is 2.36. The maximum atomic E-state index is 11.9. The highest BCUT2D eigenvalue weighted by Crippen LogP contribution is 2.22. The third-order valence-corrected chi connectivity index (χ3v) is 3.28. The van der Waals surface area contributed by atoms with Gasteiger partial charge < -0.3 is 16.2 Å². The molecule has 1 unspecified atom stereocenters. The van der Waals surface area contributed by atoms with Gasteiger partial charge in [0.2, 0.25) is 5.91 Å². The quantitative estimate of drug-likeness (QED) is 0.735. The molecule has 4 N–H and O–H groups in total. The summed E-state index contributed by atoms with van der Waals surface area (Å²) in [4.78, 5) is 11.9. The van der Waals surface area contributed by atoms with Crippen molar-refractivity contribution in [1.29, 1.82) is 0 Å². The van der Waals surface area contributed by atoms with Gasteiger partial charge in [-0.25, -0.2) is 0 Å². The van der Waals surface area contributed by atoms with Crippen molar-refractivity contribution in [3.63, 3.8) is 0 Å². The molecule has 1 rings (SSSR count). The van der Waals surface area contributed by atoms with Crippen LogP contribution in [0.4, 0.5) is 5.69 Å². The lowest BCUT2D eigenvalue weighted by molar-refractivity contribution is -0.117. The van der Waals surface area contributed by atoms with Gasteiger partial charge in [0.15, 0.2) is 0 Å². The van der Waals surface area contributed by atoms with Gasteiger partial charge in [-0.3, -0.25) is 4.79 Å². The molecule has 0 heterocycles. The van der Waals surface area contributed by atoms with Crippen LogP contribution < -0.4 is 11.1 Å². The Balaban J connectivity index is 2.69. The molecule has 4 nitrogen and oxygen atoms in total. The molecular formula is C13H20N2O2S. The Labute approximate surface area is 112 Å². The topological polar surface area (TPSA) is 75.4 Å². The summed E-state index contributed by atoms with van der Waals surface area (Å²) >= 11 is 1.66. The second kappa shape index (κ2) is 7.41. The zero-order valence-electron chi connectivity index (χ0n) is 10.7. The Hall–Kier alpha value is -1.04. The molecule has 0 bridgehead atoms. The minimum absolute atomic E-state index is 0.211. The molecular weight excluding hydrogens is 248 g/mol. The van der Waals surface area contributed by atoms with Gasteiger partial charge in [0.25, 0.3) is 0 Å². The number of amides is 1. The number of carbonyl (C=O) groups excluding carboxylic acids is 1. The Morgan fingerprint density at radius 2 is 2.17 bits per heavy atom. The molecule has 0 aliphatic rings. The Bertz CT molecular complexity index is 396. The summed E-state index contributed by atoms with van der Waals surface area (Å²) in [6.07, 6.45) is 2.00. The predicted molar refractivity (Wildman–Crippen MR) is 76.7 cm³/mol. The van der Waals surface area contributed by atoms with E-state index in [2.05, 4.69) is 5.32 Å². The van der Waals surface area contributed by atoms with E-state index >= 15 is 0 Å². The Morgan fingerprint density at radius 3 is 2.78 bits per heavy atom. The summed E-state index contributed by atoms with van der Waals surface area (Å²) < 4.78 is 0. The first-order chi connectivity index (χ1) is 8.56. The van der Waals surface area contributed by atoms with Gasteiger partial charge in [0, 0.05) is 11.3 Å². The van der Waals surface area contributed by atoms with Crippen LogP contribution in [-0.2, 0) is 4.79 Å². The van der Waals surface area contributed by atoms with E-state index < -0.39 is 12.1 Å². The molecule has 0 fully saturated rings. The van der Waals surface area contributed by atoms with Crippen molar-refractivity contribution in [2.24, 2.45) is 5.73 Å². The number of anilines is 1. The lowest BCUT2D eigenvalue weighted by atomic mass is 10.1. The number of nitrogens with one attached hydrogen (secondary N) is 1. The van der Waals surface area contributed by atoms with Crippen molar-refractivity contribution >= 4 is 23.4 Å². The van der Waals surface area contributed by atoms with E-state index in [9.17, 15) is 9.90 Å². The first kappa shape index (κ1) is 15.0. The van der Waals surface area contributed by atoms with Gasteiger partial charge >= 0.3 is 0 Å². The van der Waals surface area contributed by atoms with Crippen LogP contribution in [-0.4, -0.2) is 29.1 Å². The number of aliphatic hydroxyl groups excluding tert-OH is 1. The lowest BCUT2D eigenvalue weighted by Gasteiger charge is -2.15. The first-order valence-electron chi connectivity index (χ1n) is 5.88. The molecule has 0 aliphatic heterocycles. The number of hydrogen-bond acceptors (Lipinski definition) is 4. The van der Waals surface area contributed by atoms with Crippen molar-refractivity contribution in [2.45, 2.75) is 25.5 Å². The van der Waals surface area contributed by atoms with E-state index in [1.807, 2.05) is 18.4 Å². The Kier molecular flexibility index (Phi) is 6.18. The third-order valence-electron chi connectivity index (χ3n) is 2.64. The van der Waals surface area contributed by atoms with Gasteiger partial charge in [-0.05, 0) is 31.4 Å². The normalized spacial score (nSPS) is 14.0. The largest absolute Gasteiger partial charge is 0.389 e. The molecule has 0 spiro atoms. The molecule has 1 aromatic carbocycles. The Morgan fingerprint density at radius 1 is 1.50 bits per heavy atom. The summed E-state index contributed by atoms with van der Waals surface area (Å²) in [5, 5.41) is 12.4. The zero-order valence-corrected chi connectivity index (χ0v) is 11.5. The van der Waals surface area contributed by atoms with E-state index in [0.717, 1.165) is 5.75 Å². The number of para-hydroxylation sites is 1. The van der Waals surface area contributed by atoms with E-state index in [-0.39, 0.29) is 5.91 Å². The van der Waals surface area contributed by atoms with Gasteiger partial charge in [-0.1, -0.05) is 18.2 Å². The number of rotatable bonds is 6. The molecule has 0 radical (unpaired) electrons. The van der Waals surface area contributed by atoms with E-state index in [1.165, 1.54) is 0 Å². The predicted octanol–water partition coefficient (Wildman–Crippen LogP) is 1.76. The second-order valence-electron chi connectivity index (χ2n) is 4.14. The number of hydrogen-bond donors (Lipinski definition) is 3. The average molecular weight is 268 g/mol. The van der Waals surface area contributed by atoms with E-state index in [4.69, 9.17) is 5.73 Å². The van der Waals surface area contributed by atoms with Crippen LogP contribution in [0.3, 0.4) is 0 Å². The highest BCUT2D eigenvalue weighted by molar-refractivity contribution is 7.98. The van der Waals surface area contributed by atoms with Crippen molar-refractivity contribution in [2.75, 3.05) is 17.3 Å². The summed E-state index contributed by atoms with van der Waals surface area (Å²) in [5.41, 5.74) is 7.11. The van der Waals surface area contributed by atoms with E-state index in [1.54, 1.807) is 30.8 Å². The zero-order chi connectivity index (χ0) is 13.5. The lowest BCUT2D eigenvalue weighted by Crippen LogP contribution is -2.36. The summed E-state index contributed by atoms with van der Waals surface area (Å²) in [5.74, 6) is 0.643. The smallest absolute Gasteiger partial charge is 0.241 e. The van der Waals surface area contributed by atoms with Crippen molar-refractivity contribution < 1.29 is 9.90 Å². The molecule has 100 valence electrons. The van der Waals surface area contributed by atoms with Crippen molar-refractivity contribution in [3.05, 3.63) is 29.8 Å². The van der Waals surface area contributed by atoms with Crippen LogP contribution in [0.1, 0.15) is 25.0 Å². The SMILES string of the molecule is CSCC[C@@H](N)C(=O)Nc1ccccc1C(C)O. The van der Waals surface area contributed by atoms with Crippen LogP contribution in [0.2, 0.25) is 0 Å². The van der Waals surface area contributed by atoms with Crippen LogP contribution in [0.5, 0.6) is 0 Å². The summed E-state index contributed by atoms with van der Waals surface area (Å²) in [6.45, 7) is 1.67. The van der Waals surface area contributed by atoms with Crippen molar-refractivity contribution in [1.82, 2.24) is 0 Å². The molecule has 0 aromatic heterocycles. The maximum Gasteiger partial charge on any atom is 0.241 e. The van der Waals surface area contributed by atoms with Gasteiger partial charge in [-0.15, -0.1) is 0 Å². The van der Waals surface area contributed by atoms with Gasteiger partial charge in [0.1, 0.15) is 0 Å². The van der Waals surface area contributed by atoms with Crippen molar-refractivity contribution in [3.8, 4) is 0 Å². The molecule has 0 saturated carbocycles. The monoisotopic (exact) mass is 268 g/mol. The fourth-order valence-corrected chi connectivity index (χ4v) is 2.07. The van der Waals surface area contributed by atoms with Crippen LogP contribution in [0.25, 0.3) is 0 Å². The number of thioether (sulfide) groups is 1. The fraction of sp³-hybridized carbons (Fsp3) is 0.462. The van der Waals surface area contributed by atoms with Gasteiger partial charge in [-0.2, -0.15) is 11.8 Å². The summed E-state index contributed by atoms with van der Waals surface area (Å²) in [7, 11) is 0. The number of carbonyl (C=O) groups is 1. The molecule has 0 aliphatic carbocycles. The van der Waals surface area contributed by atoms with Gasteiger partial charge in [0.05, 0.1) is 12.1 Å². The molecule has 1 amide bonds. The fourth-order valence-electron chi connectivity index (χ4n) is 1.58. The molecule has 2 atom stereocenters. The number of aliphatic hydroxyl groups is 1. The third kappa shape index (κ3) is 4.33. The maximum absolute atomic E-state index is 11.9. The highest BCUT2D eigenvalue weighted by Gasteiger charge is 2.15. The van der Waals surface area contributed by atoms with Crippen LogP contribution in [0.15, 0.2) is 24.3 Å². The molecule has 1 aromatic rings. The molecule has 5 heteroatoms. The number of benzene rings is 1. The van der Waals surface area contributed by atoms with Crippen LogP contribution in [0, 0.1) is 0 Å². The van der Waals surface area contributed by atoms with E-state index in [0.29, 0.717) is 17.7 Å². The second-order valence-corrected chi connectivity index (χ2v) is 5.13.